The molecular formula is C20H14F4O2. The molecule has 0 radical (unpaired) electrons. The van der Waals surface area contributed by atoms with Gasteiger partial charge in [-0.1, -0.05) is 19.4 Å². The van der Waals surface area contributed by atoms with Crippen LogP contribution in [0.3, 0.4) is 0 Å². The smallest absolute Gasteiger partial charge is 0.343 e. The molecule has 134 valence electrons. The van der Waals surface area contributed by atoms with Gasteiger partial charge in [-0.2, -0.15) is 0 Å². The molecule has 3 aromatic rings. The summed E-state index contributed by atoms with van der Waals surface area (Å²) in [5.74, 6) is -5.82. The Hall–Kier alpha value is -2.89. The Morgan fingerprint density at radius 1 is 0.846 bits per heavy atom. The Morgan fingerprint density at radius 2 is 1.46 bits per heavy atom. The SMILES string of the molecule is CCCc1cc(F)c(OC(=O)c2ccc3cc(F)c(F)cc3c2)c(F)c1. The van der Waals surface area contributed by atoms with Crippen LogP contribution in [0.15, 0.2) is 42.5 Å². The van der Waals surface area contributed by atoms with Gasteiger partial charge in [0.25, 0.3) is 0 Å². The normalized spacial score (nSPS) is 11.0. The van der Waals surface area contributed by atoms with E-state index in [9.17, 15) is 22.4 Å². The van der Waals surface area contributed by atoms with Crippen LogP contribution in [0.4, 0.5) is 17.6 Å². The minimum Gasteiger partial charge on any atom is -0.417 e. The van der Waals surface area contributed by atoms with Crippen LogP contribution >= 0.6 is 0 Å². The van der Waals surface area contributed by atoms with Crippen LogP contribution in [-0.2, 0) is 6.42 Å². The fraction of sp³-hybridized carbons (Fsp3) is 0.150. The van der Waals surface area contributed by atoms with E-state index in [1.807, 2.05) is 6.92 Å². The first kappa shape index (κ1) is 17.9. The molecule has 0 atom stereocenters. The molecular weight excluding hydrogens is 348 g/mol. The van der Waals surface area contributed by atoms with Crippen molar-refractivity contribution < 1.29 is 27.1 Å². The fourth-order valence-electron chi connectivity index (χ4n) is 2.66. The molecule has 0 unspecified atom stereocenters. The first-order valence-corrected chi connectivity index (χ1v) is 7.98. The maximum absolute atomic E-state index is 14.1. The topological polar surface area (TPSA) is 26.3 Å². The quantitative estimate of drug-likeness (QED) is 0.345. The Balaban J connectivity index is 1.91. The Bertz CT molecular complexity index is 976. The van der Waals surface area contributed by atoms with Crippen molar-refractivity contribution >= 4 is 16.7 Å². The molecule has 2 nitrogen and oxygen atoms in total. The summed E-state index contributed by atoms with van der Waals surface area (Å²) < 4.78 is 59.5. The van der Waals surface area contributed by atoms with Crippen LogP contribution in [0.5, 0.6) is 5.75 Å². The molecule has 0 aliphatic carbocycles. The summed E-state index contributed by atoms with van der Waals surface area (Å²) in [6.07, 6.45) is 1.21. The Morgan fingerprint density at radius 3 is 2.08 bits per heavy atom. The summed E-state index contributed by atoms with van der Waals surface area (Å²) in [5.41, 5.74) is 0.422. The fourth-order valence-corrected chi connectivity index (χ4v) is 2.66. The molecule has 0 aromatic heterocycles. The molecule has 0 N–H and O–H groups in total. The van der Waals surface area contributed by atoms with E-state index < -0.39 is 35.0 Å². The molecule has 0 spiro atoms. The number of fused-ring (bicyclic) bond motifs is 1. The van der Waals surface area contributed by atoms with Gasteiger partial charge in [-0.25, -0.2) is 22.4 Å². The average Bonchev–Trinajstić information content (AvgIpc) is 2.59. The number of carbonyl (C=O) groups is 1. The van der Waals surface area contributed by atoms with Crippen LogP contribution in [0, 0.1) is 23.3 Å². The van der Waals surface area contributed by atoms with Gasteiger partial charge in [0.05, 0.1) is 5.56 Å². The molecule has 3 rings (SSSR count). The molecule has 0 saturated heterocycles. The summed E-state index contributed by atoms with van der Waals surface area (Å²) >= 11 is 0. The van der Waals surface area contributed by atoms with Gasteiger partial charge in [-0.05, 0) is 59.2 Å². The first-order chi connectivity index (χ1) is 12.4. The summed E-state index contributed by atoms with van der Waals surface area (Å²) in [7, 11) is 0. The summed E-state index contributed by atoms with van der Waals surface area (Å²) in [6, 6.07) is 8.13. The van der Waals surface area contributed by atoms with Gasteiger partial charge < -0.3 is 4.74 Å². The van der Waals surface area contributed by atoms with E-state index in [4.69, 9.17) is 4.74 Å². The average molecular weight is 362 g/mol. The van der Waals surface area contributed by atoms with Gasteiger partial charge in [-0.3, -0.25) is 0 Å². The van der Waals surface area contributed by atoms with E-state index in [1.54, 1.807) is 0 Å². The second-order valence-corrected chi connectivity index (χ2v) is 5.86. The van der Waals surface area contributed by atoms with E-state index in [0.717, 1.165) is 24.3 Å². The number of halogens is 4. The molecule has 0 saturated carbocycles. The zero-order chi connectivity index (χ0) is 18.8. The van der Waals surface area contributed by atoms with E-state index in [2.05, 4.69) is 0 Å². The monoisotopic (exact) mass is 362 g/mol. The highest BCUT2D eigenvalue weighted by molar-refractivity contribution is 5.96. The molecule has 3 aromatic carbocycles. The number of ether oxygens (including phenoxy) is 1. The molecule has 6 heteroatoms. The van der Waals surface area contributed by atoms with E-state index in [0.29, 0.717) is 23.8 Å². The maximum atomic E-state index is 14.1. The molecule has 0 heterocycles. The second kappa shape index (κ2) is 7.15. The third kappa shape index (κ3) is 3.54. The number of benzene rings is 3. The van der Waals surface area contributed by atoms with Crippen LogP contribution in [0.1, 0.15) is 29.3 Å². The molecule has 0 aliphatic rings. The van der Waals surface area contributed by atoms with Crippen LogP contribution in [0.25, 0.3) is 10.8 Å². The highest BCUT2D eigenvalue weighted by Gasteiger charge is 2.18. The lowest BCUT2D eigenvalue weighted by atomic mass is 10.1. The van der Waals surface area contributed by atoms with Gasteiger partial charge in [0.1, 0.15) is 0 Å². The summed E-state index contributed by atoms with van der Waals surface area (Å²) in [4.78, 5) is 12.2. The minimum absolute atomic E-state index is 0.0417. The van der Waals surface area contributed by atoms with Crippen LogP contribution in [-0.4, -0.2) is 5.97 Å². The second-order valence-electron chi connectivity index (χ2n) is 5.86. The lowest BCUT2D eigenvalue weighted by Gasteiger charge is -2.09. The van der Waals surface area contributed by atoms with Crippen molar-refractivity contribution in [2.75, 3.05) is 0 Å². The molecule has 0 fully saturated rings. The minimum atomic E-state index is -1.06. The predicted molar refractivity (Wildman–Crippen MR) is 89.2 cm³/mol. The van der Waals surface area contributed by atoms with Crippen molar-refractivity contribution in [1.29, 1.82) is 0 Å². The lowest BCUT2D eigenvalue weighted by Crippen LogP contribution is -2.11. The third-order valence-electron chi connectivity index (χ3n) is 3.91. The maximum Gasteiger partial charge on any atom is 0.343 e. The third-order valence-corrected chi connectivity index (χ3v) is 3.91. The van der Waals surface area contributed by atoms with E-state index >= 15 is 0 Å². The van der Waals surface area contributed by atoms with E-state index in [-0.39, 0.29) is 10.9 Å². The van der Waals surface area contributed by atoms with Gasteiger partial charge in [-0.15, -0.1) is 0 Å². The number of hydrogen-bond acceptors (Lipinski definition) is 2. The summed E-state index contributed by atoms with van der Waals surface area (Å²) in [5, 5.41) is 0.638. The summed E-state index contributed by atoms with van der Waals surface area (Å²) in [6.45, 7) is 1.87. The van der Waals surface area contributed by atoms with Gasteiger partial charge >= 0.3 is 5.97 Å². The molecule has 0 amide bonds. The zero-order valence-electron chi connectivity index (χ0n) is 13.8. The van der Waals surface area contributed by atoms with Crippen molar-refractivity contribution in [3.63, 3.8) is 0 Å². The number of carbonyl (C=O) groups excluding carboxylic acids is 1. The molecule has 0 bridgehead atoms. The van der Waals surface area contributed by atoms with E-state index in [1.165, 1.54) is 18.2 Å². The first-order valence-electron chi connectivity index (χ1n) is 7.98. The van der Waals surface area contributed by atoms with Crippen molar-refractivity contribution in [1.82, 2.24) is 0 Å². The number of rotatable bonds is 4. The largest absolute Gasteiger partial charge is 0.417 e. The lowest BCUT2D eigenvalue weighted by molar-refractivity contribution is 0.0720. The van der Waals surface area contributed by atoms with Crippen molar-refractivity contribution in [3.8, 4) is 5.75 Å². The van der Waals surface area contributed by atoms with Gasteiger partial charge in [0, 0.05) is 0 Å². The Labute approximate surface area is 147 Å². The highest BCUT2D eigenvalue weighted by Crippen LogP contribution is 2.26. The zero-order valence-corrected chi connectivity index (χ0v) is 13.8. The van der Waals surface area contributed by atoms with Gasteiger partial charge in [0.2, 0.25) is 5.75 Å². The number of aryl methyl sites for hydroxylation is 1. The Kier molecular flexibility index (Phi) is 4.93. The predicted octanol–water partition coefficient (Wildman–Crippen LogP) is 5.57. The van der Waals surface area contributed by atoms with Crippen LogP contribution < -0.4 is 4.74 Å². The molecule has 26 heavy (non-hydrogen) atoms. The van der Waals surface area contributed by atoms with Crippen molar-refractivity contribution in [3.05, 3.63) is 76.9 Å². The molecule has 0 aliphatic heterocycles. The highest BCUT2D eigenvalue weighted by atomic mass is 19.2. The van der Waals surface area contributed by atoms with Gasteiger partial charge in [0.15, 0.2) is 23.3 Å². The number of esters is 1. The number of hydrogen-bond donors (Lipinski definition) is 0. The standard InChI is InChI=1S/C20H14F4O2/c1-2-3-11-6-17(23)19(18(24)7-11)26-20(25)13-5-4-12-9-15(21)16(22)10-14(12)8-13/h4-10H,2-3H2,1H3. The van der Waals surface area contributed by atoms with Crippen LogP contribution in [0.2, 0.25) is 0 Å². The van der Waals surface area contributed by atoms with Crippen molar-refractivity contribution in [2.24, 2.45) is 0 Å². The van der Waals surface area contributed by atoms with Crippen molar-refractivity contribution in [2.45, 2.75) is 19.8 Å².